The number of anilines is 3. The number of allylic oxidation sites excluding steroid dienone is 6. The predicted molar refractivity (Wildman–Crippen MR) is 178 cm³/mol. The average Bonchev–Trinajstić information content (AvgIpc) is 3.85. The van der Waals surface area contributed by atoms with Crippen molar-refractivity contribution in [2.24, 2.45) is 5.92 Å². The van der Waals surface area contributed by atoms with E-state index in [0.717, 1.165) is 17.1 Å². The summed E-state index contributed by atoms with van der Waals surface area (Å²) in [5.74, 6) is 0.535. The lowest BCUT2D eigenvalue weighted by Gasteiger charge is -2.30. The van der Waals surface area contributed by atoms with Gasteiger partial charge >= 0.3 is 0 Å². The monoisotopic (exact) mass is 535 g/mol. The van der Waals surface area contributed by atoms with Gasteiger partial charge in [-0.1, -0.05) is 146 Å². The lowest BCUT2D eigenvalue weighted by molar-refractivity contribution is 1.20. The molecule has 0 saturated heterocycles. The highest BCUT2D eigenvalue weighted by Gasteiger charge is 2.25. The Labute approximate surface area is 247 Å². The van der Waals surface area contributed by atoms with E-state index >= 15 is 0 Å². The molecule has 0 spiro atoms. The summed E-state index contributed by atoms with van der Waals surface area (Å²) >= 11 is 0. The van der Waals surface area contributed by atoms with Crippen molar-refractivity contribution >= 4 is 33.4 Å². The highest BCUT2D eigenvalue weighted by molar-refractivity contribution is 6.08. The van der Waals surface area contributed by atoms with Crippen molar-refractivity contribution in [2.45, 2.75) is 0 Å². The summed E-state index contributed by atoms with van der Waals surface area (Å²) in [5.41, 5.74) is 12.2. The van der Waals surface area contributed by atoms with Crippen molar-refractivity contribution in [3.63, 3.8) is 0 Å². The zero-order valence-electron chi connectivity index (χ0n) is 23.2. The first-order chi connectivity index (χ1) is 20.8. The predicted octanol–water partition coefficient (Wildman–Crippen LogP) is 11.2. The van der Waals surface area contributed by atoms with Crippen molar-refractivity contribution < 1.29 is 0 Å². The Balaban J connectivity index is 1.38. The number of nitrogens with zero attached hydrogens (tertiary/aromatic N) is 1. The second-order valence-corrected chi connectivity index (χ2v) is 10.9. The van der Waals surface area contributed by atoms with Gasteiger partial charge < -0.3 is 4.90 Å². The minimum absolute atomic E-state index is 0.535. The van der Waals surface area contributed by atoms with Crippen molar-refractivity contribution in [2.75, 3.05) is 4.90 Å². The van der Waals surface area contributed by atoms with Crippen LogP contribution < -0.4 is 4.90 Å². The Kier molecular flexibility index (Phi) is 5.93. The van der Waals surface area contributed by atoms with Gasteiger partial charge in [0.05, 0.1) is 11.4 Å². The van der Waals surface area contributed by atoms with Crippen molar-refractivity contribution in [3.05, 3.63) is 181 Å². The number of hydrogen-bond donors (Lipinski definition) is 0. The van der Waals surface area contributed by atoms with E-state index in [-0.39, 0.29) is 0 Å². The Morgan fingerprint density at radius 1 is 0.476 bits per heavy atom. The third-order valence-corrected chi connectivity index (χ3v) is 8.35. The maximum absolute atomic E-state index is 2.42. The molecule has 6 aromatic rings. The fraction of sp³-hybridized carbons (Fsp3) is 0.0244. The molecule has 1 heteroatoms. The zero-order chi connectivity index (χ0) is 27.9. The fourth-order valence-electron chi connectivity index (χ4n) is 6.29. The molecule has 0 fully saturated rings. The zero-order valence-corrected chi connectivity index (χ0v) is 23.2. The molecule has 2 aliphatic rings. The molecule has 0 unspecified atom stereocenters. The van der Waals surface area contributed by atoms with Crippen LogP contribution in [0.5, 0.6) is 0 Å². The number of rotatable bonds is 6. The van der Waals surface area contributed by atoms with E-state index in [1.54, 1.807) is 0 Å². The van der Waals surface area contributed by atoms with Crippen LogP contribution >= 0.6 is 0 Å². The molecule has 0 radical (unpaired) electrons. The fourth-order valence-corrected chi connectivity index (χ4v) is 6.29. The number of benzene rings is 6. The van der Waals surface area contributed by atoms with Gasteiger partial charge in [-0.05, 0) is 62.9 Å². The molecule has 198 valence electrons. The van der Waals surface area contributed by atoms with E-state index in [4.69, 9.17) is 0 Å². The molecule has 0 N–H and O–H groups in total. The minimum atomic E-state index is 0.535. The highest BCUT2D eigenvalue weighted by atomic mass is 15.1. The van der Waals surface area contributed by atoms with Gasteiger partial charge in [-0.15, -0.1) is 0 Å². The summed E-state index contributed by atoms with van der Waals surface area (Å²) in [6.45, 7) is 0. The Bertz CT molecular complexity index is 2020. The molecule has 0 heterocycles. The van der Waals surface area contributed by atoms with Crippen LogP contribution in [0.15, 0.2) is 175 Å². The summed E-state index contributed by atoms with van der Waals surface area (Å²) in [4.78, 5) is 2.42. The maximum atomic E-state index is 2.42. The third kappa shape index (κ3) is 4.27. The van der Waals surface area contributed by atoms with Crippen LogP contribution in [0.1, 0.15) is 5.56 Å². The molecule has 1 atom stereocenters. The molecule has 0 bridgehead atoms. The second kappa shape index (κ2) is 10.2. The van der Waals surface area contributed by atoms with E-state index in [2.05, 4.69) is 175 Å². The summed E-state index contributed by atoms with van der Waals surface area (Å²) in [5, 5.41) is 2.53. The van der Waals surface area contributed by atoms with Crippen molar-refractivity contribution in [3.8, 4) is 22.3 Å². The summed E-state index contributed by atoms with van der Waals surface area (Å²) in [6.07, 6.45) is 9.29. The largest absolute Gasteiger partial charge is 0.309 e. The van der Waals surface area contributed by atoms with Gasteiger partial charge in [0.15, 0.2) is 0 Å². The van der Waals surface area contributed by atoms with E-state index in [0.29, 0.717) is 5.92 Å². The normalized spacial score (nSPS) is 15.1. The molecule has 6 aromatic carbocycles. The standard InChI is InChI=1S/C41H29N/c1-3-13-29(14-4-1)35-19-7-9-23-39(35)42(34-17-5-2-6-18-34)40-24-10-8-20-37(40)38-22-12-16-30-15-11-21-36(41(30)38)32-26-25-31-27-33(31)28-32/h1-28,31H/t31-/m0/s1. The van der Waals surface area contributed by atoms with Crippen LogP contribution in [0.4, 0.5) is 17.1 Å². The topological polar surface area (TPSA) is 3.24 Å². The van der Waals surface area contributed by atoms with Crippen LogP contribution in [0.3, 0.4) is 0 Å². The molecular formula is C41H29N. The van der Waals surface area contributed by atoms with Gasteiger partial charge in [-0.3, -0.25) is 0 Å². The quantitative estimate of drug-likeness (QED) is 0.205. The lowest BCUT2D eigenvalue weighted by atomic mass is 9.89. The molecule has 0 aliphatic heterocycles. The molecule has 0 amide bonds. The van der Waals surface area contributed by atoms with Gasteiger partial charge in [-0.25, -0.2) is 0 Å². The second-order valence-electron chi connectivity index (χ2n) is 10.9. The van der Waals surface area contributed by atoms with E-state index in [1.165, 1.54) is 49.7 Å². The van der Waals surface area contributed by atoms with E-state index in [1.807, 2.05) is 0 Å². The first kappa shape index (κ1) is 24.4. The van der Waals surface area contributed by atoms with Gasteiger partial charge in [0.2, 0.25) is 0 Å². The molecule has 42 heavy (non-hydrogen) atoms. The molecule has 2 aliphatic carbocycles. The van der Waals surface area contributed by atoms with Crippen LogP contribution in [-0.4, -0.2) is 0 Å². The average molecular weight is 536 g/mol. The van der Waals surface area contributed by atoms with Crippen molar-refractivity contribution in [1.29, 1.82) is 0 Å². The van der Waals surface area contributed by atoms with E-state index in [9.17, 15) is 0 Å². The summed E-state index contributed by atoms with van der Waals surface area (Å²) in [7, 11) is 0. The molecule has 1 nitrogen and oxygen atoms in total. The lowest BCUT2D eigenvalue weighted by Crippen LogP contribution is -2.12. The molecule has 0 saturated carbocycles. The summed E-state index contributed by atoms with van der Waals surface area (Å²) < 4.78 is 0. The van der Waals surface area contributed by atoms with Crippen LogP contribution in [0, 0.1) is 5.92 Å². The summed E-state index contributed by atoms with van der Waals surface area (Å²) in [6, 6.07) is 52.3. The third-order valence-electron chi connectivity index (χ3n) is 8.35. The number of hydrogen-bond acceptors (Lipinski definition) is 1. The van der Waals surface area contributed by atoms with Gasteiger partial charge in [0.1, 0.15) is 0 Å². The number of fused-ring (bicyclic) bond motifs is 2. The Morgan fingerprint density at radius 2 is 1.07 bits per heavy atom. The minimum Gasteiger partial charge on any atom is -0.309 e. The maximum Gasteiger partial charge on any atom is 0.0540 e. The van der Waals surface area contributed by atoms with Crippen LogP contribution in [-0.2, 0) is 0 Å². The van der Waals surface area contributed by atoms with Crippen molar-refractivity contribution in [1.82, 2.24) is 0 Å². The van der Waals surface area contributed by atoms with Crippen LogP contribution in [0.25, 0.3) is 38.6 Å². The van der Waals surface area contributed by atoms with E-state index < -0.39 is 0 Å². The molecule has 0 aromatic heterocycles. The Hall–Kier alpha value is -5.40. The number of para-hydroxylation sites is 3. The van der Waals surface area contributed by atoms with Crippen LogP contribution in [0.2, 0.25) is 0 Å². The first-order valence-electron chi connectivity index (χ1n) is 14.6. The first-order valence-corrected chi connectivity index (χ1v) is 14.6. The highest BCUT2D eigenvalue weighted by Crippen LogP contribution is 2.47. The smallest absolute Gasteiger partial charge is 0.0540 e. The molecule has 8 rings (SSSR count). The van der Waals surface area contributed by atoms with Gasteiger partial charge in [0, 0.05) is 22.7 Å². The van der Waals surface area contributed by atoms with Gasteiger partial charge in [0.25, 0.3) is 0 Å². The van der Waals surface area contributed by atoms with Gasteiger partial charge in [-0.2, -0.15) is 0 Å². The SMILES string of the molecule is C1=C[C@H]2C=C2C=C1c1cccc2cccc(-c3ccccc3N(c3ccccc3)c3ccccc3-c3ccccc3)c12. The Morgan fingerprint density at radius 3 is 1.81 bits per heavy atom. The molecular weight excluding hydrogens is 506 g/mol.